The highest BCUT2D eigenvalue weighted by Gasteiger charge is 2.20. The van der Waals surface area contributed by atoms with Crippen molar-refractivity contribution in [2.45, 2.75) is 45.7 Å². The Hall–Kier alpha value is -1.27. The minimum Gasteiger partial charge on any atom is -0.294 e. The largest absolute Gasteiger partial charge is 0.294 e. The van der Waals surface area contributed by atoms with E-state index < -0.39 is 0 Å². The van der Waals surface area contributed by atoms with Crippen LogP contribution in [0.25, 0.3) is 4.96 Å². The number of aryl methyl sites for hydroxylation is 1. The van der Waals surface area contributed by atoms with E-state index >= 15 is 0 Å². The van der Waals surface area contributed by atoms with Crippen LogP contribution in [0.2, 0.25) is 0 Å². The summed E-state index contributed by atoms with van der Waals surface area (Å²) < 4.78 is 1.42. The van der Waals surface area contributed by atoms with Crippen LogP contribution < -0.4 is 5.56 Å². The van der Waals surface area contributed by atoms with Crippen LogP contribution in [-0.4, -0.2) is 32.1 Å². The lowest BCUT2D eigenvalue weighted by Gasteiger charge is -2.32. The zero-order valence-corrected chi connectivity index (χ0v) is 12.1. The Kier molecular flexibility index (Phi) is 3.36. The highest BCUT2D eigenvalue weighted by atomic mass is 32.1. The summed E-state index contributed by atoms with van der Waals surface area (Å²) in [5.41, 5.74) is 0.670. The van der Waals surface area contributed by atoms with Crippen molar-refractivity contribution in [2.75, 3.05) is 6.54 Å². The molecule has 2 aromatic heterocycles. The summed E-state index contributed by atoms with van der Waals surface area (Å²) in [6, 6.07) is 2.13. The van der Waals surface area contributed by atoms with Crippen molar-refractivity contribution in [3.05, 3.63) is 27.1 Å². The van der Waals surface area contributed by atoms with Gasteiger partial charge in [-0.2, -0.15) is 9.61 Å². The molecule has 0 N–H and O–H groups in total. The summed E-state index contributed by atoms with van der Waals surface area (Å²) in [7, 11) is 0. The maximum atomic E-state index is 11.8. The molecule has 0 aliphatic carbocycles. The summed E-state index contributed by atoms with van der Waals surface area (Å²) in [5, 5.41) is 5.38. The molecule has 0 amide bonds. The summed E-state index contributed by atoms with van der Waals surface area (Å²) in [4.78, 5) is 19.3. The molecular formula is C13H18N4OS. The first-order valence-electron chi connectivity index (χ1n) is 6.74. The Morgan fingerprint density at radius 2 is 2.32 bits per heavy atom. The molecule has 0 bridgehead atoms. The van der Waals surface area contributed by atoms with Crippen LogP contribution in [-0.2, 0) is 6.54 Å². The number of rotatable bonds is 2. The molecule has 102 valence electrons. The van der Waals surface area contributed by atoms with Crippen molar-refractivity contribution in [1.82, 2.24) is 19.5 Å². The van der Waals surface area contributed by atoms with E-state index in [4.69, 9.17) is 0 Å². The van der Waals surface area contributed by atoms with E-state index in [0.717, 1.165) is 23.8 Å². The number of hydrogen-bond donors (Lipinski definition) is 0. The number of likely N-dealkylation sites (tertiary alicyclic amines) is 1. The molecule has 3 rings (SSSR count). The van der Waals surface area contributed by atoms with Crippen LogP contribution >= 0.6 is 11.3 Å². The van der Waals surface area contributed by atoms with E-state index in [2.05, 4.69) is 21.9 Å². The average molecular weight is 278 g/mol. The van der Waals surface area contributed by atoms with Gasteiger partial charge in [0, 0.05) is 17.8 Å². The van der Waals surface area contributed by atoms with E-state index in [9.17, 15) is 4.79 Å². The standard InChI is InChI=1S/C13H18N4OS/c1-9-7-12(18)17-13(14-9)19-11(15-17)8-16-6-4-3-5-10(16)2/h7,10H,3-6,8H2,1-2H3/t10-/m0/s1. The summed E-state index contributed by atoms with van der Waals surface area (Å²) in [6.07, 6.45) is 3.83. The molecule has 0 aromatic carbocycles. The summed E-state index contributed by atoms with van der Waals surface area (Å²) >= 11 is 1.52. The SMILES string of the molecule is Cc1cc(=O)n2nc(CN3CCCC[C@@H]3C)sc2n1. The molecule has 0 radical (unpaired) electrons. The zero-order valence-electron chi connectivity index (χ0n) is 11.3. The molecule has 1 aliphatic rings. The molecular weight excluding hydrogens is 260 g/mol. The Balaban J connectivity index is 1.89. The van der Waals surface area contributed by atoms with Crippen LogP contribution in [0.3, 0.4) is 0 Å². The van der Waals surface area contributed by atoms with Gasteiger partial charge in [0.25, 0.3) is 5.56 Å². The molecule has 6 heteroatoms. The van der Waals surface area contributed by atoms with Gasteiger partial charge in [0.2, 0.25) is 4.96 Å². The normalized spacial score (nSPS) is 21.1. The van der Waals surface area contributed by atoms with Gasteiger partial charge in [-0.25, -0.2) is 4.98 Å². The fraction of sp³-hybridized carbons (Fsp3) is 0.615. The van der Waals surface area contributed by atoms with Crippen LogP contribution in [0, 0.1) is 6.92 Å². The lowest BCUT2D eigenvalue weighted by atomic mass is 10.0. The fourth-order valence-electron chi connectivity index (χ4n) is 2.59. The molecule has 0 unspecified atom stereocenters. The van der Waals surface area contributed by atoms with Gasteiger partial charge in [0.15, 0.2) is 0 Å². The van der Waals surface area contributed by atoms with E-state index in [1.807, 2.05) is 6.92 Å². The molecule has 1 atom stereocenters. The number of piperidine rings is 1. The predicted octanol–water partition coefficient (Wildman–Crippen LogP) is 1.83. The van der Waals surface area contributed by atoms with Crippen molar-refractivity contribution in [3.63, 3.8) is 0 Å². The Labute approximate surface area is 115 Å². The zero-order chi connectivity index (χ0) is 13.4. The molecule has 0 spiro atoms. The first-order chi connectivity index (χ1) is 9.13. The van der Waals surface area contributed by atoms with E-state index in [-0.39, 0.29) is 5.56 Å². The Morgan fingerprint density at radius 3 is 3.11 bits per heavy atom. The number of fused-ring (bicyclic) bond motifs is 1. The Bertz CT molecular complexity index is 648. The lowest BCUT2D eigenvalue weighted by Crippen LogP contribution is -2.36. The molecule has 19 heavy (non-hydrogen) atoms. The molecule has 0 saturated carbocycles. The van der Waals surface area contributed by atoms with Crippen molar-refractivity contribution in [1.29, 1.82) is 0 Å². The second kappa shape index (κ2) is 5.02. The molecule has 3 heterocycles. The van der Waals surface area contributed by atoms with Crippen molar-refractivity contribution >= 4 is 16.3 Å². The lowest BCUT2D eigenvalue weighted by molar-refractivity contribution is 0.152. The predicted molar refractivity (Wildman–Crippen MR) is 75.6 cm³/mol. The van der Waals surface area contributed by atoms with E-state index in [0.29, 0.717) is 11.0 Å². The topological polar surface area (TPSA) is 50.5 Å². The quantitative estimate of drug-likeness (QED) is 0.841. The van der Waals surface area contributed by atoms with Gasteiger partial charge in [-0.1, -0.05) is 17.8 Å². The van der Waals surface area contributed by atoms with Gasteiger partial charge >= 0.3 is 0 Å². The number of nitrogens with zero attached hydrogens (tertiary/aromatic N) is 4. The molecule has 1 aliphatic heterocycles. The van der Waals surface area contributed by atoms with E-state index in [1.54, 1.807) is 0 Å². The Morgan fingerprint density at radius 1 is 1.47 bits per heavy atom. The first-order valence-corrected chi connectivity index (χ1v) is 7.55. The smallest absolute Gasteiger partial charge is 0.275 e. The molecule has 5 nitrogen and oxygen atoms in total. The second-order valence-corrected chi connectivity index (χ2v) is 6.28. The minimum absolute atomic E-state index is 0.0864. The average Bonchev–Trinajstić information content (AvgIpc) is 2.75. The van der Waals surface area contributed by atoms with Gasteiger partial charge in [-0.15, -0.1) is 0 Å². The maximum absolute atomic E-state index is 11.8. The minimum atomic E-state index is -0.0864. The van der Waals surface area contributed by atoms with Gasteiger partial charge in [-0.05, 0) is 33.2 Å². The number of hydrogen-bond acceptors (Lipinski definition) is 5. The fourth-order valence-corrected chi connectivity index (χ4v) is 3.56. The van der Waals surface area contributed by atoms with Crippen molar-refractivity contribution < 1.29 is 0 Å². The third-order valence-electron chi connectivity index (χ3n) is 3.69. The third-order valence-corrected chi connectivity index (χ3v) is 4.59. The van der Waals surface area contributed by atoms with Crippen LogP contribution in [0.15, 0.2) is 10.9 Å². The third kappa shape index (κ3) is 2.55. The number of aromatic nitrogens is 3. The first kappa shape index (κ1) is 12.7. The van der Waals surface area contributed by atoms with Crippen molar-refractivity contribution in [3.8, 4) is 0 Å². The monoisotopic (exact) mass is 278 g/mol. The highest BCUT2D eigenvalue weighted by Crippen LogP contribution is 2.21. The van der Waals surface area contributed by atoms with Gasteiger partial charge in [0.05, 0.1) is 6.54 Å². The summed E-state index contributed by atoms with van der Waals surface area (Å²) in [5.74, 6) is 0. The van der Waals surface area contributed by atoms with Crippen LogP contribution in [0.4, 0.5) is 0 Å². The van der Waals surface area contributed by atoms with E-state index in [1.165, 1.54) is 41.2 Å². The van der Waals surface area contributed by atoms with Crippen LogP contribution in [0.5, 0.6) is 0 Å². The summed E-state index contributed by atoms with van der Waals surface area (Å²) in [6.45, 7) is 6.06. The van der Waals surface area contributed by atoms with Gasteiger partial charge < -0.3 is 0 Å². The molecule has 2 aromatic rings. The molecule has 1 saturated heterocycles. The molecule has 1 fully saturated rings. The van der Waals surface area contributed by atoms with Gasteiger partial charge in [0.1, 0.15) is 5.01 Å². The maximum Gasteiger partial charge on any atom is 0.275 e. The van der Waals surface area contributed by atoms with Crippen molar-refractivity contribution in [2.24, 2.45) is 0 Å². The van der Waals surface area contributed by atoms with Gasteiger partial charge in [-0.3, -0.25) is 9.69 Å². The second-order valence-electron chi connectivity index (χ2n) is 5.24. The van der Waals surface area contributed by atoms with Crippen LogP contribution in [0.1, 0.15) is 36.9 Å². The highest BCUT2D eigenvalue weighted by molar-refractivity contribution is 7.16.